The molecular weight excluding hydrogens is 288 g/mol. The molecule has 1 aromatic carbocycles. The number of hydrogen-bond donors (Lipinski definition) is 1. The lowest BCUT2D eigenvalue weighted by Gasteiger charge is -2.09. The minimum Gasteiger partial charge on any atom is -0.497 e. The summed E-state index contributed by atoms with van der Waals surface area (Å²) in [7, 11) is 1.68. The Morgan fingerprint density at radius 1 is 1.09 bits per heavy atom. The highest BCUT2D eigenvalue weighted by Gasteiger charge is 2.23. The molecular formula is C18H18N4O. The Labute approximate surface area is 135 Å². The van der Waals surface area contributed by atoms with Crippen molar-refractivity contribution in [3.05, 3.63) is 48.2 Å². The molecule has 5 nitrogen and oxygen atoms in total. The molecule has 0 amide bonds. The fraction of sp³-hybridized carbons (Fsp3) is 0.222. The Bertz CT molecular complexity index is 852. The number of hydrogen-bond acceptors (Lipinski definition) is 4. The molecule has 0 bridgehead atoms. The van der Waals surface area contributed by atoms with Gasteiger partial charge in [-0.2, -0.15) is 0 Å². The first-order valence-corrected chi connectivity index (χ1v) is 7.69. The molecule has 1 N–H and O–H groups in total. The third kappa shape index (κ3) is 2.34. The van der Waals surface area contributed by atoms with Gasteiger partial charge in [0.2, 0.25) is 5.95 Å². The first-order valence-electron chi connectivity index (χ1n) is 7.69. The van der Waals surface area contributed by atoms with E-state index in [0.717, 1.165) is 53.1 Å². The van der Waals surface area contributed by atoms with E-state index in [9.17, 15) is 0 Å². The predicted octanol–water partition coefficient (Wildman–Crippen LogP) is 3.35. The molecule has 0 aliphatic carbocycles. The molecule has 4 rings (SSSR count). The average Bonchev–Trinajstić information content (AvgIpc) is 3.15. The van der Waals surface area contributed by atoms with Gasteiger partial charge in [-0.25, -0.2) is 4.98 Å². The molecule has 2 aromatic heterocycles. The van der Waals surface area contributed by atoms with Crippen LogP contribution in [0.2, 0.25) is 0 Å². The predicted molar refractivity (Wildman–Crippen MR) is 90.7 cm³/mol. The van der Waals surface area contributed by atoms with E-state index >= 15 is 0 Å². The van der Waals surface area contributed by atoms with Crippen LogP contribution in [0.5, 0.6) is 5.75 Å². The molecule has 0 saturated heterocycles. The number of imidazole rings is 1. The summed E-state index contributed by atoms with van der Waals surface area (Å²) >= 11 is 0. The van der Waals surface area contributed by atoms with Crippen LogP contribution in [0, 0.1) is 6.92 Å². The largest absolute Gasteiger partial charge is 0.497 e. The molecule has 23 heavy (non-hydrogen) atoms. The summed E-state index contributed by atoms with van der Waals surface area (Å²) in [4.78, 5) is 9.43. The van der Waals surface area contributed by atoms with Crippen LogP contribution in [0.25, 0.3) is 22.6 Å². The summed E-state index contributed by atoms with van der Waals surface area (Å²) in [5, 5.41) is 3.34. The highest BCUT2D eigenvalue weighted by Crippen LogP contribution is 2.36. The van der Waals surface area contributed by atoms with Crippen LogP contribution < -0.4 is 10.1 Å². The quantitative estimate of drug-likeness (QED) is 0.806. The van der Waals surface area contributed by atoms with Crippen molar-refractivity contribution >= 4 is 5.95 Å². The summed E-state index contributed by atoms with van der Waals surface area (Å²) < 4.78 is 7.49. The van der Waals surface area contributed by atoms with Crippen molar-refractivity contribution in [3.8, 4) is 28.4 Å². The van der Waals surface area contributed by atoms with Gasteiger partial charge in [0.15, 0.2) is 0 Å². The van der Waals surface area contributed by atoms with Crippen molar-refractivity contribution in [2.75, 3.05) is 19.0 Å². The van der Waals surface area contributed by atoms with E-state index in [1.54, 1.807) is 7.11 Å². The van der Waals surface area contributed by atoms with E-state index < -0.39 is 0 Å². The van der Waals surface area contributed by atoms with Gasteiger partial charge >= 0.3 is 0 Å². The molecule has 116 valence electrons. The first-order chi connectivity index (χ1) is 11.3. The standard InChI is InChI=1S/C18H18N4O/c1-12-4-3-5-15(20-12)16-17(22-11-10-19-18(22)21-16)13-6-8-14(23-2)9-7-13/h3-9H,10-11H2,1-2H3,(H,19,21). The second kappa shape index (κ2) is 5.43. The van der Waals surface area contributed by atoms with E-state index in [4.69, 9.17) is 9.72 Å². The van der Waals surface area contributed by atoms with Crippen molar-refractivity contribution in [2.24, 2.45) is 0 Å². The van der Waals surface area contributed by atoms with Gasteiger partial charge in [0, 0.05) is 24.3 Å². The van der Waals surface area contributed by atoms with Crippen LogP contribution in [-0.2, 0) is 6.54 Å². The maximum atomic E-state index is 5.26. The van der Waals surface area contributed by atoms with Gasteiger partial charge < -0.3 is 14.6 Å². The van der Waals surface area contributed by atoms with Crippen LogP contribution in [0.3, 0.4) is 0 Å². The Morgan fingerprint density at radius 3 is 2.65 bits per heavy atom. The Kier molecular flexibility index (Phi) is 3.26. The van der Waals surface area contributed by atoms with Crippen LogP contribution in [0.4, 0.5) is 5.95 Å². The molecule has 0 atom stereocenters. The van der Waals surface area contributed by atoms with E-state index in [1.807, 2.05) is 37.3 Å². The number of anilines is 1. The lowest BCUT2D eigenvalue weighted by atomic mass is 10.1. The van der Waals surface area contributed by atoms with Crippen molar-refractivity contribution in [3.63, 3.8) is 0 Å². The third-order valence-electron chi connectivity index (χ3n) is 4.08. The summed E-state index contributed by atoms with van der Waals surface area (Å²) in [6, 6.07) is 14.1. The zero-order chi connectivity index (χ0) is 15.8. The number of nitrogens with zero attached hydrogens (tertiary/aromatic N) is 3. The van der Waals surface area contributed by atoms with Gasteiger partial charge in [-0.15, -0.1) is 0 Å². The summed E-state index contributed by atoms with van der Waals surface area (Å²) in [6.07, 6.45) is 0. The van der Waals surface area contributed by atoms with Crippen molar-refractivity contribution < 1.29 is 4.74 Å². The molecule has 1 aliphatic heterocycles. The fourth-order valence-electron chi connectivity index (χ4n) is 2.98. The number of nitrogens with one attached hydrogen (secondary N) is 1. The first kappa shape index (κ1) is 13.8. The Hall–Kier alpha value is -2.82. The van der Waals surface area contributed by atoms with Crippen LogP contribution >= 0.6 is 0 Å². The van der Waals surface area contributed by atoms with Crippen LogP contribution in [0.15, 0.2) is 42.5 Å². The molecule has 0 fully saturated rings. The molecule has 0 saturated carbocycles. The Balaban J connectivity index is 1.90. The third-order valence-corrected chi connectivity index (χ3v) is 4.08. The lowest BCUT2D eigenvalue weighted by Crippen LogP contribution is -1.99. The number of benzene rings is 1. The highest BCUT2D eigenvalue weighted by atomic mass is 16.5. The minimum absolute atomic E-state index is 0.850. The van der Waals surface area contributed by atoms with Crippen molar-refractivity contribution in [1.82, 2.24) is 14.5 Å². The van der Waals surface area contributed by atoms with E-state index in [-0.39, 0.29) is 0 Å². The molecule has 5 heteroatoms. The maximum absolute atomic E-state index is 5.26. The van der Waals surface area contributed by atoms with Gasteiger partial charge in [-0.3, -0.25) is 4.98 Å². The average molecular weight is 306 g/mol. The number of pyridine rings is 1. The number of aryl methyl sites for hydroxylation is 1. The smallest absolute Gasteiger partial charge is 0.204 e. The molecule has 0 radical (unpaired) electrons. The summed E-state index contributed by atoms with van der Waals surface area (Å²) in [6.45, 7) is 3.82. The normalized spacial score (nSPS) is 12.8. The van der Waals surface area contributed by atoms with Crippen molar-refractivity contribution in [2.45, 2.75) is 13.5 Å². The zero-order valence-corrected chi connectivity index (χ0v) is 13.2. The molecule has 3 heterocycles. The molecule has 3 aromatic rings. The SMILES string of the molecule is COc1ccc(-c2c(-c3cccc(C)n3)nc3n2CCN3)cc1. The Morgan fingerprint density at radius 2 is 1.91 bits per heavy atom. The van der Waals surface area contributed by atoms with Crippen LogP contribution in [0.1, 0.15) is 5.69 Å². The number of methoxy groups -OCH3 is 1. The van der Waals surface area contributed by atoms with E-state index in [2.05, 4.69) is 27.0 Å². The number of aromatic nitrogens is 3. The van der Waals surface area contributed by atoms with Crippen LogP contribution in [-0.4, -0.2) is 28.2 Å². The van der Waals surface area contributed by atoms with Gasteiger partial charge in [-0.05, 0) is 43.3 Å². The molecule has 1 aliphatic rings. The van der Waals surface area contributed by atoms with Gasteiger partial charge in [0.1, 0.15) is 11.4 Å². The zero-order valence-electron chi connectivity index (χ0n) is 13.2. The second-order valence-corrected chi connectivity index (χ2v) is 5.60. The summed E-state index contributed by atoms with van der Waals surface area (Å²) in [5.74, 6) is 1.76. The van der Waals surface area contributed by atoms with Gasteiger partial charge in [0.05, 0.1) is 18.5 Å². The van der Waals surface area contributed by atoms with Crippen molar-refractivity contribution in [1.29, 1.82) is 0 Å². The number of rotatable bonds is 3. The fourth-order valence-corrected chi connectivity index (χ4v) is 2.98. The lowest BCUT2D eigenvalue weighted by molar-refractivity contribution is 0.415. The van der Waals surface area contributed by atoms with E-state index in [1.165, 1.54) is 0 Å². The number of fused-ring (bicyclic) bond motifs is 1. The maximum Gasteiger partial charge on any atom is 0.204 e. The van der Waals surface area contributed by atoms with E-state index in [0.29, 0.717) is 0 Å². The molecule has 0 spiro atoms. The summed E-state index contributed by atoms with van der Waals surface area (Å²) in [5.41, 5.74) is 5.03. The highest BCUT2D eigenvalue weighted by molar-refractivity contribution is 5.80. The molecule has 0 unspecified atom stereocenters. The topological polar surface area (TPSA) is 52.0 Å². The number of ether oxygens (including phenoxy) is 1. The van der Waals surface area contributed by atoms with Gasteiger partial charge in [0.25, 0.3) is 0 Å². The second-order valence-electron chi connectivity index (χ2n) is 5.60. The minimum atomic E-state index is 0.850. The monoisotopic (exact) mass is 306 g/mol. The van der Waals surface area contributed by atoms with Gasteiger partial charge in [-0.1, -0.05) is 6.07 Å².